The Labute approximate surface area is 239 Å². The highest BCUT2D eigenvalue weighted by Crippen LogP contribution is 2.43. The number of nitrogens with two attached hydrogens (primary N) is 1. The molecule has 0 radical (unpaired) electrons. The Bertz CT molecular complexity index is 1570. The Morgan fingerprint density at radius 2 is 1.64 bits per heavy atom. The maximum atomic E-state index is 14.8. The molecule has 1 saturated heterocycles. The number of ether oxygens (including phenoxy) is 2. The van der Waals surface area contributed by atoms with Gasteiger partial charge in [0.15, 0.2) is 17.3 Å². The number of rotatable bonds is 6. The predicted octanol–water partition coefficient (Wildman–Crippen LogP) is 4.03. The van der Waals surface area contributed by atoms with E-state index in [9.17, 15) is 53.5 Å². The second kappa shape index (κ2) is 11.2. The van der Waals surface area contributed by atoms with E-state index in [4.69, 9.17) is 15.2 Å². The van der Waals surface area contributed by atoms with Gasteiger partial charge in [0.2, 0.25) is 11.8 Å². The van der Waals surface area contributed by atoms with Gasteiger partial charge in [-0.2, -0.15) is 44.6 Å². The molecule has 0 bridgehead atoms. The van der Waals surface area contributed by atoms with Crippen molar-refractivity contribution in [3.8, 4) is 22.8 Å². The molecule has 3 aromatic rings. The molecule has 20 heteroatoms. The van der Waals surface area contributed by atoms with Crippen LogP contribution in [0.2, 0.25) is 0 Å². The van der Waals surface area contributed by atoms with Crippen molar-refractivity contribution in [1.29, 1.82) is 0 Å². The number of carbonyl (C=O) groups excluding carboxylic acids is 2. The zero-order valence-electron chi connectivity index (χ0n) is 22.2. The average molecular weight is 646 g/mol. The van der Waals surface area contributed by atoms with Gasteiger partial charge in [0.1, 0.15) is 18.0 Å². The second-order valence-electron chi connectivity index (χ2n) is 9.46. The summed E-state index contributed by atoms with van der Waals surface area (Å²) in [5.74, 6) is -9.11. The summed E-state index contributed by atoms with van der Waals surface area (Å²) >= 11 is 0. The standard InChI is InChI=1S/C24H20F10N6O4/c1-43-15-4-9(14-5-11(22(26,27)28)16-19(35)36-8-37-40(14)16)3-10(17(15)44-2)20(41)38-13-7-39(6-12(13)25)21(42)18(23(29,30)31)24(32,33)34/h3-5,8,12-13,18H,6-7H2,1-2H3,(H,38,41)(H2,35,36,37)/t12-,13+/m0/s1. The molecule has 4 rings (SSSR count). The summed E-state index contributed by atoms with van der Waals surface area (Å²) in [7, 11) is 2.20. The molecule has 1 aliphatic rings. The first-order valence-electron chi connectivity index (χ1n) is 12.1. The molecule has 2 amide bonds. The molecule has 1 aliphatic heterocycles. The summed E-state index contributed by atoms with van der Waals surface area (Å²) < 4.78 is 146. The van der Waals surface area contributed by atoms with E-state index in [-0.39, 0.29) is 27.7 Å². The number of nitrogen functional groups attached to an aromatic ring is 1. The van der Waals surface area contributed by atoms with E-state index in [1.54, 1.807) is 0 Å². The Morgan fingerprint density at radius 1 is 1.00 bits per heavy atom. The highest BCUT2D eigenvalue weighted by atomic mass is 19.4. The number of nitrogens with zero attached hydrogens (tertiary/aromatic N) is 4. The van der Waals surface area contributed by atoms with Crippen molar-refractivity contribution in [2.24, 2.45) is 5.92 Å². The van der Waals surface area contributed by atoms with Crippen LogP contribution in [0.5, 0.6) is 11.5 Å². The third-order valence-corrected chi connectivity index (χ3v) is 6.69. The number of hydrogen-bond donors (Lipinski definition) is 2. The number of benzene rings is 1. The smallest absolute Gasteiger partial charge is 0.418 e. The first-order valence-corrected chi connectivity index (χ1v) is 12.1. The van der Waals surface area contributed by atoms with Crippen molar-refractivity contribution in [2.75, 3.05) is 33.0 Å². The average Bonchev–Trinajstić information content (AvgIpc) is 3.48. The summed E-state index contributed by atoms with van der Waals surface area (Å²) in [5.41, 5.74) is 2.96. The van der Waals surface area contributed by atoms with Gasteiger partial charge in [-0.3, -0.25) is 9.59 Å². The molecule has 0 saturated carbocycles. The van der Waals surface area contributed by atoms with E-state index in [1.165, 1.54) is 6.07 Å². The van der Waals surface area contributed by atoms with Gasteiger partial charge in [0, 0.05) is 12.1 Å². The van der Waals surface area contributed by atoms with Gasteiger partial charge in [-0.15, -0.1) is 0 Å². The van der Waals surface area contributed by atoms with Gasteiger partial charge in [-0.25, -0.2) is 13.9 Å². The van der Waals surface area contributed by atoms with Crippen LogP contribution in [0.4, 0.5) is 49.7 Å². The third-order valence-electron chi connectivity index (χ3n) is 6.69. The zero-order valence-corrected chi connectivity index (χ0v) is 22.2. The third kappa shape index (κ3) is 5.96. The normalized spacial score (nSPS) is 17.8. The molecule has 0 unspecified atom stereocenters. The minimum Gasteiger partial charge on any atom is -0.493 e. The van der Waals surface area contributed by atoms with E-state index in [1.807, 2.05) is 0 Å². The van der Waals surface area contributed by atoms with Crippen LogP contribution in [0.15, 0.2) is 24.5 Å². The monoisotopic (exact) mass is 646 g/mol. The number of likely N-dealkylation sites (tertiary alicyclic amines) is 1. The van der Waals surface area contributed by atoms with Crippen molar-refractivity contribution in [1.82, 2.24) is 24.8 Å². The van der Waals surface area contributed by atoms with Gasteiger partial charge < -0.3 is 25.4 Å². The first-order chi connectivity index (χ1) is 20.3. The van der Waals surface area contributed by atoms with Gasteiger partial charge in [-0.1, -0.05) is 0 Å². The van der Waals surface area contributed by atoms with Gasteiger partial charge in [0.05, 0.1) is 43.6 Å². The molecule has 2 aromatic heterocycles. The fourth-order valence-corrected chi connectivity index (χ4v) is 4.75. The van der Waals surface area contributed by atoms with E-state index in [0.29, 0.717) is 6.07 Å². The van der Waals surface area contributed by atoms with E-state index >= 15 is 0 Å². The molecule has 0 spiro atoms. The molecular weight excluding hydrogens is 626 g/mol. The molecule has 2 atom stereocenters. The van der Waals surface area contributed by atoms with Crippen LogP contribution in [0.3, 0.4) is 0 Å². The van der Waals surface area contributed by atoms with Crippen molar-refractivity contribution >= 4 is 23.1 Å². The fraction of sp³-hybridized carbons (Fsp3) is 0.417. The summed E-state index contributed by atoms with van der Waals surface area (Å²) in [4.78, 5) is 29.0. The van der Waals surface area contributed by atoms with Crippen molar-refractivity contribution in [3.05, 3.63) is 35.7 Å². The number of methoxy groups -OCH3 is 2. The van der Waals surface area contributed by atoms with Gasteiger partial charge in [-0.05, 0) is 18.2 Å². The van der Waals surface area contributed by atoms with Crippen LogP contribution < -0.4 is 20.5 Å². The van der Waals surface area contributed by atoms with Crippen LogP contribution in [0.1, 0.15) is 15.9 Å². The maximum Gasteiger partial charge on any atom is 0.418 e. The molecule has 240 valence electrons. The number of amides is 2. The molecule has 44 heavy (non-hydrogen) atoms. The SMILES string of the molecule is COc1cc(-c2cc(C(F)(F)F)c3c(N)ncnn23)cc(C(=O)N[C@@H]2CN(C(=O)C(C(F)(F)F)C(F)(F)F)C[C@@H]2F)c1OC. The van der Waals surface area contributed by atoms with Crippen LogP contribution in [-0.2, 0) is 11.0 Å². The van der Waals surface area contributed by atoms with E-state index in [0.717, 1.165) is 31.1 Å². The summed E-state index contributed by atoms with van der Waals surface area (Å²) in [6.45, 7) is -2.24. The zero-order chi connectivity index (χ0) is 32.9. The second-order valence-corrected chi connectivity index (χ2v) is 9.46. The van der Waals surface area contributed by atoms with Crippen molar-refractivity contribution in [3.63, 3.8) is 0 Å². The number of nitrogens with one attached hydrogen (secondary N) is 1. The topological polar surface area (TPSA) is 124 Å². The lowest BCUT2D eigenvalue weighted by Gasteiger charge is -2.26. The molecule has 1 aromatic carbocycles. The molecule has 3 N–H and O–H groups in total. The molecular formula is C24H20F10N6O4. The Hall–Kier alpha value is -4.52. The number of fused-ring (bicyclic) bond motifs is 1. The van der Waals surface area contributed by atoms with E-state index < -0.39 is 84.0 Å². The number of anilines is 1. The molecule has 3 heterocycles. The van der Waals surface area contributed by atoms with E-state index in [2.05, 4.69) is 15.4 Å². The Morgan fingerprint density at radius 3 is 2.18 bits per heavy atom. The first kappa shape index (κ1) is 32.4. The highest BCUT2D eigenvalue weighted by molar-refractivity contribution is 6.00. The predicted molar refractivity (Wildman–Crippen MR) is 129 cm³/mol. The minimum absolute atomic E-state index is 0.00891. The lowest BCUT2D eigenvalue weighted by Crippen LogP contribution is -2.49. The molecule has 1 fully saturated rings. The van der Waals surface area contributed by atoms with Crippen LogP contribution in [0.25, 0.3) is 16.8 Å². The lowest BCUT2D eigenvalue weighted by molar-refractivity contribution is -0.277. The summed E-state index contributed by atoms with van der Waals surface area (Å²) in [6.07, 6.45) is -18.4. The summed E-state index contributed by atoms with van der Waals surface area (Å²) in [6, 6.07) is 1.08. The lowest BCUT2D eigenvalue weighted by atomic mass is 10.0. The maximum absolute atomic E-state index is 14.8. The Balaban J connectivity index is 1.71. The van der Waals surface area contributed by atoms with Gasteiger partial charge in [0.25, 0.3) is 5.91 Å². The molecule has 10 nitrogen and oxygen atoms in total. The van der Waals surface area contributed by atoms with Crippen molar-refractivity contribution < 1.29 is 63.0 Å². The quantitative estimate of drug-likeness (QED) is 0.388. The largest absolute Gasteiger partial charge is 0.493 e. The van der Waals surface area contributed by atoms with Crippen LogP contribution in [0, 0.1) is 5.92 Å². The van der Waals surface area contributed by atoms with Crippen LogP contribution >= 0.6 is 0 Å². The Kier molecular flexibility index (Phi) is 8.24. The van der Waals surface area contributed by atoms with Gasteiger partial charge >= 0.3 is 18.5 Å². The number of halogens is 10. The number of carbonyl (C=O) groups is 2. The highest BCUT2D eigenvalue weighted by Gasteiger charge is 2.62. The summed E-state index contributed by atoms with van der Waals surface area (Å²) in [5, 5.41) is 5.89. The fourth-order valence-electron chi connectivity index (χ4n) is 4.75. The molecule has 0 aliphatic carbocycles. The van der Waals surface area contributed by atoms with Crippen molar-refractivity contribution in [2.45, 2.75) is 30.7 Å². The minimum atomic E-state index is -6.02. The number of alkyl halides is 10. The van der Waals surface area contributed by atoms with Crippen LogP contribution in [-0.4, -0.2) is 83.2 Å². The number of aromatic nitrogens is 3. The number of hydrogen-bond acceptors (Lipinski definition) is 7.